The Kier molecular flexibility index (Phi) is 5.02. The molecule has 21 heavy (non-hydrogen) atoms. The summed E-state index contributed by atoms with van der Waals surface area (Å²) in [6.45, 7) is 1.72. The van der Waals surface area contributed by atoms with Gasteiger partial charge in [0.15, 0.2) is 0 Å². The standard InChI is InChI=1S/C13H11Br3N2O2S/c1-7-4-10(16)11(17)6-13(7)21(19,20)18-12-5-8(14)2-3-9(12)15/h2-6,18H,17H2,1H3. The van der Waals surface area contributed by atoms with Gasteiger partial charge < -0.3 is 5.73 Å². The van der Waals surface area contributed by atoms with Crippen molar-refractivity contribution in [1.29, 1.82) is 0 Å². The lowest BCUT2D eigenvalue weighted by atomic mass is 10.2. The summed E-state index contributed by atoms with van der Waals surface area (Å²) in [6.07, 6.45) is 0. The van der Waals surface area contributed by atoms with E-state index >= 15 is 0 Å². The van der Waals surface area contributed by atoms with E-state index in [1.54, 1.807) is 25.1 Å². The van der Waals surface area contributed by atoms with E-state index in [4.69, 9.17) is 5.73 Å². The number of nitrogens with two attached hydrogens (primary N) is 1. The van der Waals surface area contributed by atoms with Gasteiger partial charge in [0.1, 0.15) is 0 Å². The number of nitrogens with one attached hydrogen (secondary N) is 1. The molecule has 2 aromatic carbocycles. The summed E-state index contributed by atoms with van der Waals surface area (Å²) >= 11 is 9.92. The normalized spacial score (nSPS) is 11.4. The molecule has 0 aliphatic carbocycles. The highest BCUT2D eigenvalue weighted by Gasteiger charge is 2.19. The fraction of sp³-hybridized carbons (Fsp3) is 0.0769. The van der Waals surface area contributed by atoms with Gasteiger partial charge in [0, 0.05) is 19.1 Å². The van der Waals surface area contributed by atoms with E-state index in [1.807, 2.05) is 6.07 Å². The second-order valence-electron chi connectivity index (χ2n) is 4.37. The van der Waals surface area contributed by atoms with Crippen LogP contribution in [0.5, 0.6) is 0 Å². The van der Waals surface area contributed by atoms with Crippen LogP contribution in [0.3, 0.4) is 0 Å². The van der Waals surface area contributed by atoms with Crippen molar-refractivity contribution < 1.29 is 8.42 Å². The zero-order chi connectivity index (χ0) is 15.8. The van der Waals surface area contributed by atoms with Crippen molar-refractivity contribution in [2.24, 2.45) is 0 Å². The van der Waals surface area contributed by atoms with Gasteiger partial charge in [-0.15, -0.1) is 0 Å². The van der Waals surface area contributed by atoms with Crippen LogP contribution in [0, 0.1) is 6.92 Å². The Labute approximate surface area is 148 Å². The third-order valence-corrected chi connectivity index (χ3v) is 6.14. The highest BCUT2D eigenvalue weighted by atomic mass is 79.9. The molecule has 0 radical (unpaired) electrons. The first-order valence-electron chi connectivity index (χ1n) is 5.74. The molecule has 0 spiro atoms. The van der Waals surface area contributed by atoms with Crippen LogP contribution in [0.4, 0.5) is 11.4 Å². The molecule has 2 rings (SSSR count). The average Bonchev–Trinajstić information content (AvgIpc) is 2.37. The molecule has 0 aliphatic heterocycles. The molecule has 0 saturated carbocycles. The third-order valence-electron chi connectivity index (χ3n) is 2.76. The van der Waals surface area contributed by atoms with Gasteiger partial charge in [0.05, 0.1) is 10.6 Å². The predicted octanol–water partition coefficient (Wildman–Crippen LogP) is 4.67. The molecular weight excluding hydrogens is 488 g/mol. The van der Waals surface area contributed by atoms with Crippen molar-refractivity contribution in [3.8, 4) is 0 Å². The van der Waals surface area contributed by atoms with Crippen LogP contribution < -0.4 is 10.5 Å². The van der Waals surface area contributed by atoms with E-state index < -0.39 is 10.0 Å². The molecule has 0 aromatic heterocycles. The number of hydrogen-bond donors (Lipinski definition) is 2. The summed E-state index contributed by atoms with van der Waals surface area (Å²) in [5.41, 5.74) is 7.20. The van der Waals surface area contributed by atoms with Crippen molar-refractivity contribution in [1.82, 2.24) is 0 Å². The van der Waals surface area contributed by atoms with Crippen molar-refractivity contribution >= 4 is 69.2 Å². The molecule has 0 atom stereocenters. The fourth-order valence-electron chi connectivity index (χ4n) is 1.73. The number of sulfonamides is 1. The molecule has 0 aliphatic rings. The van der Waals surface area contributed by atoms with Crippen molar-refractivity contribution in [3.05, 3.63) is 49.3 Å². The minimum absolute atomic E-state index is 0.148. The largest absolute Gasteiger partial charge is 0.398 e. The highest BCUT2D eigenvalue weighted by Crippen LogP contribution is 2.31. The second-order valence-corrected chi connectivity index (χ2v) is 8.64. The smallest absolute Gasteiger partial charge is 0.262 e. The Balaban J connectivity index is 2.48. The zero-order valence-corrected chi connectivity index (χ0v) is 16.4. The quantitative estimate of drug-likeness (QED) is 0.604. The van der Waals surface area contributed by atoms with Crippen LogP contribution in [0.15, 0.2) is 48.6 Å². The van der Waals surface area contributed by atoms with Crippen LogP contribution in [-0.2, 0) is 10.0 Å². The number of halogens is 3. The minimum atomic E-state index is -3.72. The van der Waals surface area contributed by atoms with E-state index in [0.717, 1.165) is 4.47 Å². The summed E-state index contributed by atoms with van der Waals surface area (Å²) in [6, 6.07) is 8.36. The molecule has 2 aromatic rings. The van der Waals surface area contributed by atoms with E-state index in [0.29, 0.717) is 25.9 Å². The molecule has 0 heterocycles. The predicted molar refractivity (Wildman–Crippen MR) is 95.9 cm³/mol. The van der Waals surface area contributed by atoms with Gasteiger partial charge in [-0.2, -0.15) is 0 Å². The lowest BCUT2D eigenvalue weighted by Gasteiger charge is -2.13. The van der Waals surface area contributed by atoms with Crippen LogP contribution in [0.2, 0.25) is 0 Å². The number of hydrogen-bond acceptors (Lipinski definition) is 3. The van der Waals surface area contributed by atoms with Gasteiger partial charge in [-0.25, -0.2) is 8.42 Å². The summed E-state index contributed by atoms with van der Waals surface area (Å²) < 4.78 is 29.7. The number of nitrogen functional groups attached to an aromatic ring is 1. The molecular formula is C13H11Br3N2O2S. The summed E-state index contributed by atoms with van der Waals surface area (Å²) in [5, 5.41) is 0. The Morgan fingerprint density at radius 2 is 1.71 bits per heavy atom. The number of aryl methyl sites for hydroxylation is 1. The van der Waals surface area contributed by atoms with Crippen LogP contribution in [-0.4, -0.2) is 8.42 Å². The molecule has 0 bridgehead atoms. The summed E-state index contributed by atoms with van der Waals surface area (Å²) in [5.74, 6) is 0. The Morgan fingerprint density at radius 1 is 1.05 bits per heavy atom. The molecule has 112 valence electrons. The Hall–Kier alpha value is -0.570. The third kappa shape index (κ3) is 3.80. The molecule has 0 amide bonds. The second kappa shape index (κ2) is 6.28. The van der Waals surface area contributed by atoms with Gasteiger partial charge in [-0.3, -0.25) is 4.72 Å². The maximum atomic E-state index is 12.5. The fourth-order valence-corrected chi connectivity index (χ4v) is 4.36. The maximum Gasteiger partial charge on any atom is 0.262 e. The Morgan fingerprint density at radius 3 is 2.38 bits per heavy atom. The van der Waals surface area contributed by atoms with E-state index in [-0.39, 0.29) is 4.90 Å². The monoisotopic (exact) mass is 496 g/mol. The number of rotatable bonds is 3. The average molecular weight is 499 g/mol. The first-order chi connectivity index (χ1) is 9.70. The van der Waals surface area contributed by atoms with E-state index in [2.05, 4.69) is 52.5 Å². The van der Waals surface area contributed by atoms with Gasteiger partial charge >= 0.3 is 0 Å². The number of anilines is 2. The lowest BCUT2D eigenvalue weighted by Crippen LogP contribution is -2.15. The summed E-state index contributed by atoms with van der Waals surface area (Å²) in [4.78, 5) is 0.148. The molecule has 3 N–H and O–H groups in total. The topological polar surface area (TPSA) is 72.2 Å². The van der Waals surface area contributed by atoms with Crippen molar-refractivity contribution in [2.75, 3.05) is 10.5 Å². The van der Waals surface area contributed by atoms with Crippen molar-refractivity contribution in [2.45, 2.75) is 11.8 Å². The lowest BCUT2D eigenvalue weighted by molar-refractivity contribution is 0.600. The van der Waals surface area contributed by atoms with Gasteiger partial charge in [0.25, 0.3) is 10.0 Å². The van der Waals surface area contributed by atoms with Crippen molar-refractivity contribution in [3.63, 3.8) is 0 Å². The van der Waals surface area contributed by atoms with Crippen LogP contribution in [0.1, 0.15) is 5.56 Å². The molecule has 8 heteroatoms. The highest BCUT2D eigenvalue weighted by molar-refractivity contribution is 9.11. The van der Waals surface area contributed by atoms with Gasteiger partial charge in [-0.1, -0.05) is 15.9 Å². The SMILES string of the molecule is Cc1cc(Br)c(N)cc1S(=O)(=O)Nc1cc(Br)ccc1Br. The van der Waals surface area contributed by atoms with Crippen LogP contribution in [0.25, 0.3) is 0 Å². The number of benzene rings is 2. The van der Waals surface area contributed by atoms with Gasteiger partial charge in [0.2, 0.25) is 0 Å². The first-order valence-corrected chi connectivity index (χ1v) is 9.60. The first kappa shape index (κ1) is 16.8. The molecule has 0 unspecified atom stereocenters. The molecule has 4 nitrogen and oxygen atoms in total. The van der Waals surface area contributed by atoms with E-state index in [1.165, 1.54) is 6.07 Å². The van der Waals surface area contributed by atoms with Crippen LogP contribution >= 0.6 is 47.8 Å². The molecule has 0 fully saturated rings. The summed E-state index contributed by atoms with van der Waals surface area (Å²) in [7, 11) is -3.72. The minimum Gasteiger partial charge on any atom is -0.398 e. The van der Waals surface area contributed by atoms with E-state index in [9.17, 15) is 8.42 Å². The zero-order valence-electron chi connectivity index (χ0n) is 10.8. The maximum absolute atomic E-state index is 12.5. The van der Waals surface area contributed by atoms with Gasteiger partial charge in [-0.05, 0) is 74.7 Å². The molecule has 0 saturated heterocycles. The Bertz CT molecular complexity index is 807.